The van der Waals surface area contributed by atoms with Crippen LogP contribution in [-0.2, 0) is 10.3 Å². The van der Waals surface area contributed by atoms with Crippen molar-refractivity contribution in [3.63, 3.8) is 0 Å². The van der Waals surface area contributed by atoms with E-state index in [1.165, 1.54) is 0 Å². The van der Waals surface area contributed by atoms with E-state index in [1.54, 1.807) is 19.1 Å². The van der Waals surface area contributed by atoms with Crippen molar-refractivity contribution in [2.75, 3.05) is 13.2 Å². The highest BCUT2D eigenvalue weighted by Gasteiger charge is 2.38. The summed E-state index contributed by atoms with van der Waals surface area (Å²) in [6.45, 7) is 4.35. The molecule has 0 radical (unpaired) electrons. The van der Waals surface area contributed by atoms with Gasteiger partial charge in [-0.3, -0.25) is 0 Å². The molecule has 6 nitrogen and oxygen atoms in total. The molecule has 1 aliphatic carbocycles. The predicted molar refractivity (Wildman–Crippen MR) is 85.0 cm³/mol. The second-order valence-corrected chi connectivity index (χ2v) is 6.91. The van der Waals surface area contributed by atoms with Crippen LogP contribution in [0.15, 0.2) is 16.5 Å². The van der Waals surface area contributed by atoms with E-state index in [2.05, 4.69) is 10.6 Å². The monoisotopic (exact) mass is 322 g/mol. The number of aliphatic hydroxyl groups is 1. The number of nitrogens with one attached hydrogen (secondary N) is 2. The Hall–Kier alpha value is -1.53. The molecule has 2 aliphatic rings. The highest BCUT2D eigenvalue weighted by molar-refractivity contribution is 5.74. The van der Waals surface area contributed by atoms with E-state index < -0.39 is 5.60 Å². The molecule has 23 heavy (non-hydrogen) atoms. The number of carbonyl (C=O) groups excluding carboxylic acids is 1. The fourth-order valence-corrected chi connectivity index (χ4v) is 3.64. The van der Waals surface area contributed by atoms with Gasteiger partial charge in [-0.15, -0.1) is 0 Å². The summed E-state index contributed by atoms with van der Waals surface area (Å²) in [5.74, 6) is 1.61. The minimum absolute atomic E-state index is 0.100. The minimum Gasteiger partial charge on any atom is -0.463 e. The van der Waals surface area contributed by atoms with Gasteiger partial charge in [0.1, 0.15) is 17.1 Å². The molecule has 2 heterocycles. The van der Waals surface area contributed by atoms with Gasteiger partial charge in [0.15, 0.2) is 0 Å². The van der Waals surface area contributed by atoms with Gasteiger partial charge in [0, 0.05) is 18.6 Å². The fraction of sp³-hybridized carbons (Fsp3) is 0.706. The molecule has 3 N–H and O–H groups in total. The zero-order chi connectivity index (χ0) is 16.4. The molecule has 1 aliphatic heterocycles. The van der Waals surface area contributed by atoms with Gasteiger partial charge >= 0.3 is 6.03 Å². The molecule has 0 spiro atoms. The van der Waals surface area contributed by atoms with Crippen LogP contribution in [0.2, 0.25) is 0 Å². The molecule has 1 aromatic heterocycles. The molecule has 0 bridgehead atoms. The number of ether oxygens (including phenoxy) is 1. The first-order valence-corrected chi connectivity index (χ1v) is 8.41. The Morgan fingerprint density at radius 1 is 1.39 bits per heavy atom. The Morgan fingerprint density at radius 2 is 2.22 bits per heavy atom. The largest absolute Gasteiger partial charge is 0.463 e. The lowest BCUT2D eigenvalue weighted by Crippen LogP contribution is -2.51. The molecule has 1 aromatic rings. The molecule has 1 saturated carbocycles. The molecular formula is C17H26N2O4. The number of carbonyl (C=O) groups is 1. The summed E-state index contributed by atoms with van der Waals surface area (Å²) in [4.78, 5) is 12.2. The van der Waals surface area contributed by atoms with Crippen LogP contribution in [0.25, 0.3) is 0 Å². The van der Waals surface area contributed by atoms with Crippen molar-refractivity contribution in [1.29, 1.82) is 0 Å². The standard InChI is InChI=1S/C17H26N2O4/c1-11-6-7-15(23-11)17(2,21)10-18-16(20)19-13-4-3-5-14-12(13)8-9-22-14/h6-7,12-14,21H,3-5,8-10H2,1-2H3,(H2,18,19,20). The summed E-state index contributed by atoms with van der Waals surface area (Å²) in [5.41, 5.74) is -1.23. The first-order chi connectivity index (χ1) is 11.0. The summed E-state index contributed by atoms with van der Waals surface area (Å²) in [7, 11) is 0. The zero-order valence-corrected chi connectivity index (χ0v) is 13.8. The highest BCUT2D eigenvalue weighted by Crippen LogP contribution is 2.34. The molecule has 3 rings (SSSR count). The van der Waals surface area contributed by atoms with E-state index in [4.69, 9.17) is 9.15 Å². The van der Waals surface area contributed by atoms with Crippen molar-refractivity contribution >= 4 is 6.03 Å². The van der Waals surface area contributed by atoms with Crippen molar-refractivity contribution in [1.82, 2.24) is 10.6 Å². The van der Waals surface area contributed by atoms with Gasteiger partial charge in [0.25, 0.3) is 0 Å². The Bertz CT molecular complexity index is 555. The fourth-order valence-electron chi connectivity index (χ4n) is 3.64. The molecule has 2 amide bonds. The van der Waals surface area contributed by atoms with E-state index in [0.29, 0.717) is 17.8 Å². The zero-order valence-electron chi connectivity index (χ0n) is 13.8. The Morgan fingerprint density at radius 3 is 2.96 bits per heavy atom. The van der Waals surface area contributed by atoms with Crippen LogP contribution in [0, 0.1) is 12.8 Å². The molecule has 6 heteroatoms. The Balaban J connectivity index is 1.51. The minimum atomic E-state index is -1.23. The molecular weight excluding hydrogens is 296 g/mol. The lowest BCUT2D eigenvalue weighted by atomic mass is 9.82. The molecule has 2 fully saturated rings. The molecule has 0 aromatic carbocycles. The topological polar surface area (TPSA) is 83.7 Å². The quantitative estimate of drug-likeness (QED) is 0.792. The van der Waals surface area contributed by atoms with E-state index in [-0.39, 0.29) is 18.6 Å². The second-order valence-electron chi connectivity index (χ2n) is 6.91. The third kappa shape index (κ3) is 3.70. The summed E-state index contributed by atoms with van der Waals surface area (Å²) in [5, 5.41) is 16.3. The predicted octanol–water partition coefficient (Wildman–Crippen LogP) is 2.05. The van der Waals surface area contributed by atoms with Gasteiger partial charge in [-0.25, -0.2) is 4.79 Å². The Kier molecular flexibility index (Phi) is 4.64. The van der Waals surface area contributed by atoms with Crippen molar-refractivity contribution in [3.8, 4) is 0 Å². The maximum Gasteiger partial charge on any atom is 0.315 e. The maximum atomic E-state index is 12.2. The molecule has 4 atom stereocenters. The van der Waals surface area contributed by atoms with Crippen LogP contribution in [-0.4, -0.2) is 36.4 Å². The number of aryl methyl sites for hydroxylation is 1. The normalized spacial score (nSPS) is 29.6. The summed E-state index contributed by atoms with van der Waals surface area (Å²) in [6, 6.07) is 3.45. The highest BCUT2D eigenvalue weighted by atomic mass is 16.5. The van der Waals surface area contributed by atoms with Crippen LogP contribution in [0.5, 0.6) is 0 Å². The lowest BCUT2D eigenvalue weighted by Gasteiger charge is -2.33. The van der Waals surface area contributed by atoms with E-state index in [1.807, 2.05) is 6.92 Å². The van der Waals surface area contributed by atoms with Crippen molar-refractivity contribution < 1.29 is 19.1 Å². The smallest absolute Gasteiger partial charge is 0.315 e. The van der Waals surface area contributed by atoms with Gasteiger partial charge in [-0.05, 0) is 51.7 Å². The number of urea groups is 1. The van der Waals surface area contributed by atoms with Crippen LogP contribution < -0.4 is 10.6 Å². The van der Waals surface area contributed by atoms with Crippen LogP contribution in [0.1, 0.15) is 44.1 Å². The summed E-state index contributed by atoms with van der Waals surface area (Å²) in [6.07, 6.45) is 4.47. The number of rotatable bonds is 4. The van der Waals surface area contributed by atoms with Crippen molar-refractivity contribution in [3.05, 3.63) is 23.7 Å². The van der Waals surface area contributed by atoms with Crippen molar-refractivity contribution in [2.24, 2.45) is 5.92 Å². The Labute approximate surface area is 136 Å². The third-order valence-corrected chi connectivity index (χ3v) is 4.96. The van der Waals surface area contributed by atoms with Gasteiger partial charge in [0.2, 0.25) is 0 Å². The summed E-state index contributed by atoms with van der Waals surface area (Å²) >= 11 is 0. The molecule has 1 saturated heterocycles. The van der Waals surface area contributed by atoms with E-state index >= 15 is 0 Å². The number of hydrogen-bond acceptors (Lipinski definition) is 4. The number of fused-ring (bicyclic) bond motifs is 1. The second kappa shape index (κ2) is 6.53. The lowest BCUT2D eigenvalue weighted by molar-refractivity contribution is 0.0349. The van der Waals surface area contributed by atoms with E-state index in [0.717, 1.165) is 38.1 Å². The number of hydrogen-bond donors (Lipinski definition) is 3. The van der Waals surface area contributed by atoms with Gasteiger partial charge in [-0.1, -0.05) is 0 Å². The third-order valence-electron chi connectivity index (χ3n) is 4.96. The SMILES string of the molecule is Cc1ccc(C(C)(O)CNC(=O)NC2CCCC3OCCC23)o1. The van der Waals surface area contributed by atoms with Gasteiger partial charge < -0.3 is 24.9 Å². The number of amides is 2. The van der Waals surface area contributed by atoms with E-state index in [9.17, 15) is 9.90 Å². The molecule has 128 valence electrons. The van der Waals surface area contributed by atoms with Crippen LogP contribution in [0.4, 0.5) is 4.79 Å². The average Bonchev–Trinajstić information content (AvgIpc) is 3.15. The number of furan rings is 1. The van der Waals surface area contributed by atoms with Crippen LogP contribution >= 0.6 is 0 Å². The van der Waals surface area contributed by atoms with Crippen LogP contribution in [0.3, 0.4) is 0 Å². The van der Waals surface area contributed by atoms with Crippen molar-refractivity contribution in [2.45, 2.75) is 57.3 Å². The first-order valence-electron chi connectivity index (χ1n) is 8.41. The maximum absolute atomic E-state index is 12.2. The van der Waals surface area contributed by atoms with Gasteiger partial charge in [0.05, 0.1) is 12.6 Å². The average molecular weight is 322 g/mol. The summed E-state index contributed by atoms with van der Waals surface area (Å²) < 4.78 is 11.2. The first kappa shape index (κ1) is 16.3. The van der Waals surface area contributed by atoms with Gasteiger partial charge in [-0.2, -0.15) is 0 Å². The molecule has 4 unspecified atom stereocenters.